The van der Waals surface area contributed by atoms with Crippen LogP contribution >= 0.6 is 34.9 Å². The van der Waals surface area contributed by atoms with E-state index in [0.717, 1.165) is 23.1 Å². The van der Waals surface area contributed by atoms with E-state index >= 15 is 0 Å². The maximum absolute atomic E-state index is 13.3. The van der Waals surface area contributed by atoms with E-state index in [1.165, 1.54) is 39.0 Å². The van der Waals surface area contributed by atoms with Crippen LogP contribution in [0.1, 0.15) is 31.4 Å². The number of carboxylic acids is 2. The first kappa shape index (κ1) is 29.6. The molecular formula is C23H27N9O7S3. The van der Waals surface area contributed by atoms with Crippen molar-refractivity contribution < 1.29 is 38.9 Å². The largest absolute Gasteiger partial charge is 0.549 e. The fourth-order valence-electron chi connectivity index (χ4n) is 4.87. The van der Waals surface area contributed by atoms with Gasteiger partial charge in [-0.1, -0.05) is 5.16 Å². The van der Waals surface area contributed by atoms with Gasteiger partial charge in [-0.25, -0.2) is 9.78 Å². The van der Waals surface area contributed by atoms with E-state index in [-0.39, 0.29) is 53.2 Å². The van der Waals surface area contributed by atoms with E-state index in [0.29, 0.717) is 18.0 Å². The topological polar surface area (TPSA) is 256 Å². The van der Waals surface area contributed by atoms with Crippen molar-refractivity contribution in [2.24, 2.45) is 10.6 Å². The Morgan fingerprint density at radius 1 is 1.31 bits per heavy atom. The predicted molar refractivity (Wildman–Crippen MR) is 150 cm³/mol. The van der Waals surface area contributed by atoms with E-state index in [4.69, 9.17) is 22.1 Å². The van der Waals surface area contributed by atoms with Crippen LogP contribution in [-0.2, 0) is 24.0 Å². The number of rotatable bonds is 10. The Morgan fingerprint density at radius 3 is 2.69 bits per heavy atom. The van der Waals surface area contributed by atoms with Crippen molar-refractivity contribution in [2.75, 3.05) is 35.4 Å². The number of carbonyl (C=O) groups excluding carboxylic acids is 3. The van der Waals surface area contributed by atoms with Crippen molar-refractivity contribution >= 4 is 75.3 Å². The van der Waals surface area contributed by atoms with Gasteiger partial charge in [-0.3, -0.25) is 15.4 Å². The summed E-state index contributed by atoms with van der Waals surface area (Å²) >= 11 is 3.31. The third-order valence-corrected chi connectivity index (χ3v) is 10.8. The van der Waals surface area contributed by atoms with Crippen molar-refractivity contribution in [3.63, 3.8) is 0 Å². The number of amides is 2. The molecule has 42 heavy (non-hydrogen) atoms. The Morgan fingerprint density at radius 2 is 2.05 bits per heavy atom. The lowest BCUT2D eigenvalue weighted by Gasteiger charge is -2.55. The van der Waals surface area contributed by atoms with Crippen molar-refractivity contribution in [1.82, 2.24) is 20.2 Å². The average Bonchev–Trinajstić information content (AvgIpc) is 3.62. The molecule has 16 nitrogen and oxygen atoms in total. The van der Waals surface area contributed by atoms with Crippen LogP contribution in [0.15, 0.2) is 28.0 Å². The molecule has 3 atom stereocenters. The average molecular weight is 638 g/mol. The number of fused-ring (bicyclic) bond motifs is 1. The Kier molecular flexibility index (Phi) is 8.08. The lowest BCUT2D eigenvalue weighted by molar-refractivity contribution is -0.682. The van der Waals surface area contributed by atoms with Crippen LogP contribution in [0, 0.1) is 5.41 Å². The smallest absolute Gasteiger partial charge is 0.384 e. The molecule has 2 amide bonds. The van der Waals surface area contributed by atoms with E-state index in [1.54, 1.807) is 0 Å². The molecule has 224 valence electrons. The molecule has 4 heterocycles. The molecule has 2 aromatic rings. The monoisotopic (exact) mass is 637 g/mol. The molecule has 1 saturated carbocycles. The molecule has 3 aliphatic rings. The minimum Gasteiger partial charge on any atom is -0.549 e. The number of nitrogen functional groups attached to an aromatic ring is 3. The summed E-state index contributed by atoms with van der Waals surface area (Å²) in [4.78, 5) is 65.6. The van der Waals surface area contributed by atoms with Gasteiger partial charge in [0.25, 0.3) is 5.91 Å². The number of anilines is 2. The molecule has 2 saturated heterocycles. The van der Waals surface area contributed by atoms with E-state index in [1.807, 2.05) is 0 Å². The summed E-state index contributed by atoms with van der Waals surface area (Å²) < 4.78 is 1.22. The molecule has 2 aromatic heterocycles. The molecule has 2 unspecified atom stereocenters. The molecule has 0 spiro atoms. The Bertz CT molecular complexity index is 1460. The highest BCUT2D eigenvalue weighted by Crippen LogP contribution is 2.44. The molecule has 1 aliphatic carbocycles. The highest BCUT2D eigenvalue weighted by Gasteiger charge is 2.56. The SMILES string of the molecule is Nc1cc[n+](N)c(SCC2(C(=O)[O-])CS[C@@H]3C(NC(=O)C(=NOC4(C(=O)O)CCCC4)c4csc(N)n4)C(=O)N3C2)n1. The second kappa shape index (κ2) is 11.4. The molecule has 0 radical (unpaired) electrons. The Balaban J connectivity index is 1.29. The molecular weight excluding hydrogens is 611 g/mol. The fraction of sp³-hybridized carbons (Fsp3) is 0.478. The van der Waals surface area contributed by atoms with E-state index in [2.05, 4.69) is 20.4 Å². The van der Waals surface area contributed by atoms with Gasteiger partial charge in [0.15, 0.2) is 10.8 Å². The van der Waals surface area contributed by atoms with Gasteiger partial charge < -0.3 is 41.5 Å². The molecule has 3 fully saturated rings. The number of nitrogens with two attached hydrogens (primary N) is 3. The predicted octanol–water partition coefficient (Wildman–Crippen LogP) is -2.25. The van der Waals surface area contributed by atoms with Crippen molar-refractivity contribution in [2.45, 2.75) is 47.9 Å². The molecule has 2 aliphatic heterocycles. The van der Waals surface area contributed by atoms with Gasteiger partial charge in [-0.05, 0) is 29.6 Å². The third-order valence-electron chi connectivity index (χ3n) is 7.29. The zero-order valence-corrected chi connectivity index (χ0v) is 24.4. The number of β-lactam (4-membered cyclic amide) rings is 1. The van der Waals surface area contributed by atoms with Gasteiger partial charge in [0.1, 0.15) is 23.3 Å². The summed E-state index contributed by atoms with van der Waals surface area (Å²) in [6.45, 7) is -0.147. The lowest BCUT2D eigenvalue weighted by atomic mass is 9.89. The summed E-state index contributed by atoms with van der Waals surface area (Å²) in [6.07, 6.45) is 3.21. The molecule has 0 bridgehead atoms. The highest BCUT2D eigenvalue weighted by molar-refractivity contribution is 8.00. The molecule has 19 heteroatoms. The standard InChI is InChI=1S/C23H27N9O7S3/c24-12-3-6-32(26)21(28-12)42-10-22(18(35)36)8-31-16(34)14(17(31)41-9-22)29-15(33)13(11-7-40-20(25)27-11)30-39-23(19(37)38)4-1-2-5-23/h3,6-7,14,17,24H,1-2,4-5,8-10,26H2,(H5,25,27,29,33,35,36,37,38)/t14?,17-,22?/m1/s1. The highest BCUT2D eigenvalue weighted by atomic mass is 32.2. The minimum atomic E-state index is -1.56. The first-order valence-electron chi connectivity index (χ1n) is 12.7. The number of oxime groups is 1. The number of aliphatic carboxylic acids is 2. The number of nitrogens with zero attached hydrogens (tertiary/aromatic N) is 5. The molecule has 5 rings (SSSR count). The van der Waals surface area contributed by atoms with Crippen LogP contribution < -0.4 is 32.4 Å². The zero-order chi connectivity index (χ0) is 30.2. The molecule has 8 N–H and O–H groups in total. The van der Waals surface area contributed by atoms with Crippen molar-refractivity contribution in [1.29, 1.82) is 0 Å². The number of nitrogens with one attached hydrogen (secondary N) is 1. The third kappa shape index (κ3) is 5.50. The summed E-state index contributed by atoms with van der Waals surface area (Å²) in [5.74, 6) is 2.34. The van der Waals surface area contributed by atoms with Gasteiger partial charge >= 0.3 is 11.1 Å². The van der Waals surface area contributed by atoms with Crippen LogP contribution in [0.25, 0.3) is 0 Å². The second-order valence-electron chi connectivity index (χ2n) is 10.1. The maximum Gasteiger partial charge on any atom is 0.384 e. The van der Waals surface area contributed by atoms with Crippen LogP contribution in [-0.4, -0.2) is 84.5 Å². The maximum atomic E-state index is 13.3. The number of hydrogen-bond acceptors (Lipinski definition) is 15. The van der Waals surface area contributed by atoms with Crippen LogP contribution in [0.2, 0.25) is 0 Å². The zero-order valence-electron chi connectivity index (χ0n) is 21.9. The van der Waals surface area contributed by atoms with Crippen molar-refractivity contribution in [3.8, 4) is 0 Å². The quantitative estimate of drug-likeness (QED) is 0.0351. The molecule has 0 aromatic carbocycles. The summed E-state index contributed by atoms with van der Waals surface area (Å²) in [5, 5.41) is 29.9. The van der Waals surface area contributed by atoms with Gasteiger partial charge in [0.05, 0.1) is 5.97 Å². The normalized spacial score (nSPS) is 24.9. The van der Waals surface area contributed by atoms with Gasteiger partial charge in [0.2, 0.25) is 17.3 Å². The van der Waals surface area contributed by atoms with Gasteiger partial charge in [0, 0.05) is 47.8 Å². The number of thioether (sulfide) groups is 2. The number of thiazole rings is 1. The summed E-state index contributed by atoms with van der Waals surface area (Å²) in [5.41, 5.74) is 8.21. The van der Waals surface area contributed by atoms with Crippen LogP contribution in [0.5, 0.6) is 0 Å². The van der Waals surface area contributed by atoms with E-state index in [9.17, 15) is 29.4 Å². The van der Waals surface area contributed by atoms with Crippen molar-refractivity contribution in [3.05, 3.63) is 23.3 Å². The minimum absolute atomic E-state index is 0.00817. The first-order valence-corrected chi connectivity index (χ1v) is 15.6. The van der Waals surface area contributed by atoms with E-state index < -0.39 is 46.2 Å². The second-order valence-corrected chi connectivity index (χ2v) is 13.1. The number of carbonyl (C=O) groups is 4. The number of hydrogen-bond donors (Lipinski definition) is 5. The van der Waals surface area contributed by atoms with Crippen LogP contribution in [0.4, 0.5) is 10.9 Å². The number of aromatic nitrogens is 3. The Hall–Kier alpha value is -3.84. The van der Waals surface area contributed by atoms with Gasteiger partial charge in [-0.15, -0.1) is 27.8 Å². The summed E-state index contributed by atoms with van der Waals surface area (Å²) in [6, 6.07) is 0.509. The summed E-state index contributed by atoms with van der Waals surface area (Å²) in [7, 11) is 0. The van der Waals surface area contributed by atoms with Crippen LogP contribution in [0.3, 0.4) is 0 Å². The fourth-order valence-corrected chi connectivity index (χ4v) is 8.18. The first-order chi connectivity index (χ1) is 19.9. The van der Waals surface area contributed by atoms with Gasteiger partial charge in [-0.2, -0.15) is 0 Å². The lowest BCUT2D eigenvalue weighted by Crippen LogP contribution is -2.75. The number of carboxylic acid groups (broad SMARTS) is 2. The Labute approximate surface area is 251 Å².